The lowest BCUT2D eigenvalue weighted by Crippen LogP contribution is -2.16. The number of aliphatic hydroxyl groups excluding tert-OH is 1. The lowest BCUT2D eigenvalue weighted by Gasteiger charge is -2.08. The molecular formula is C8H19NO3S. The number of aliphatic hydroxyl groups is 1. The number of rotatable bonds is 7. The highest BCUT2D eigenvalue weighted by Crippen LogP contribution is 2.03. The molecule has 0 aliphatic rings. The van der Waals surface area contributed by atoms with Gasteiger partial charge < -0.3 is 10.8 Å². The van der Waals surface area contributed by atoms with Crippen molar-refractivity contribution in [3.05, 3.63) is 0 Å². The van der Waals surface area contributed by atoms with Crippen LogP contribution in [0.25, 0.3) is 0 Å². The molecule has 1 atom stereocenters. The largest absolute Gasteiger partial charge is 0.393 e. The summed E-state index contributed by atoms with van der Waals surface area (Å²) in [5, 5.41) is 9.24. The topological polar surface area (TPSA) is 80.4 Å². The molecule has 0 aromatic rings. The van der Waals surface area contributed by atoms with E-state index in [4.69, 9.17) is 5.73 Å². The fraction of sp³-hybridized carbons (Fsp3) is 1.00. The highest BCUT2D eigenvalue weighted by Gasteiger charge is 2.09. The van der Waals surface area contributed by atoms with Gasteiger partial charge in [-0.1, -0.05) is 6.92 Å². The molecule has 0 amide bonds. The van der Waals surface area contributed by atoms with Gasteiger partial charge in [0.05, 0.1) is 11.9 Å². The Hall–Kier alpha value is -0.130. The molecule has 0 radical (unpaired) electrons. The first-order valence-electron chi connectivity index (χ1n) is 4.60. The second kappa shape index (κ2) is 6.34. The maximum absolute atomic E-state index is 11.0. The van der Waals surface area contributed by atoms with E-state index in [0.717, 1.165) is 0 Å². The molecule has 0 spiro atoms. The van der Waals surface area contributed by atoms with Gasteiger partial charge in [0.2, 0.25) is 0 Å². The molecule has 0 bridgehead atoms. The molecule has 0 saturated heterocycles. The summed E-state index contributed by atoms with van der Waals surface area (Å²) in [5.74, 6) is 0.352. The Bertz CT molecular complexity index is 213. The molecule has 0 rings (SSSR count). The van der Waals surface area contributed by atoms with Crippen molar-refractivity contribution in [1.29, 1.82) is 0 Å². The molecular weight excluding hydrogens is 190 g/mol. The SMILES string of the molecule is CCS(=O)(=O)CCCC(O)CCN. The molecule has 4 nitrogen and oxygen atoms in total. The summed E-state index contributed by atoms with van der Waals surface area (Å²) < 4.78 is 22.1. The van der Waals surface area contributed by atoms with E-state index in [1.54, 1.807) is 6.92 Å². The van der Waals surface area contributed by atoms with Gasteiger partial charge in [-0.2, -0.15) is 0 Å². The normalized spacial score (nSPS) is 14.4. The van der Waals surface area contributed by atoms with Crippen molar-refractivity contribution in [2.75, 3.05) is 18.1 Å². The van der Waals surface area contributed by atoms with E-state index in [-0.39, 0.29) is 11.5 Å². The Morgan fingerprint density at radius 2 is 2.00 bits per heavy atom. The van der Waals surface area contributed by atoms with Gasteiger partial charge in [-0.15, -0.1) is 0 Å². The van der Waals surface area contributed by atoms with E-state index in [1.165, 1.54) is 0 Å². The summed E-state index contributed by atoms with van der Waals surface area (Å²) in [5.41, 5.74) is 5.23. The van der Waals surface area contributed by atoms with Gasteiger partial charge in [0.15, 0.2) is 0 Å². The van der Waals surface area contributed by atoms with Crippen LogP contribution in [-0.4, -0.2) is 37.7 Å². The first kappa shape index (κ1) is 12.9. The van der Waals surface area contributed by atoms with Gasteiger partial charge >= 0.3 is 0 Å². The summed E-state index contributed by atoms with van der Waals surface area (Å²) in [6.07, 6.45) is 1.15. The second-order valence-electron chi connectivity index (χ2n) is 3.11. The van der Waals surface area contributed by atoms with Crippen LogP contribution in [0.5, 0.6) is 0 Å². The van der Waals surface area contributed by atoms with Crippen molar-refractivity contribution in [2.24, 2.45) is 5.73 Å². The quantitative estimate of drug-likeness (QED) is 0.614. The Morgan fingerprint density at radius 1 is 1.38 bits per heavy atom. The van der Waals surface area contributed by atoms with Gasteiger partial charge in [-0.25, -0.2) is 8.42 Å². The maximum atomic E-state index is 11.0. The third kappa shape index (κ3) is 6.98. The van der Waals surface area contributed by atoms with Crippen LogP contribution < -0.4 is 5.73 Å². The minimum absolute atomic E-state index is 0.172. The minimum Gasteiger partial charge on any atom is -0.393 e. The predicted molar refractivity (Wildman–Crippen MR) is 53.2 cm³/mol. The zero-order chi connectivity index (χ0) is 10.3. The van der Waals surface area contributed by atoms with E-state index >= 15 is 0 Å². The number of hydrogen-bond acceptors (Lipinski definition) is 4. The predicted octanol–water partition coefficient (Wildman–Crippen LogP) is -0.0890. The van der Waals surface area contributed by atoms with Crippen LogP contribution in [0, 0.1) is 0 Å². The zero-order valence-corrected chi connectivity index (χ0v) is 8.89. The summed E-state index contributed by atoms with van der Waals surface area (Å²) >= 11 is 0. The van der Waals surface area contributed by atoms with E-state index in [1.807, 2.05) is 0 Å². The second-order valence-corrected chi connectivity index (χ2v) is 5.58. The van der Waals surface area contributed by atoms with E-state index < -0.39 is 15.9 Å². The smallest absolute Gasteiger partial charge is 0.150 e. The third-order valence-electron chi connectivity index (χ3n) is 1.93. The first-order chi connectivity index (χ1) is 6.02. The molecule has 13 heavy (non-hydrogen) atoms. The van der Waals surface area contributed by atoms with Gasteiger partial charge in [0, 0.05) is 5.75 Å². The van der Waals surface area contributed by atoms with Crippen molar-refractivity contribution in [1.82, 2.24) is 0 Å². The van der Waals surface area contributed by atoms with Crippen LogP contribution in [-0.2, 0) is 9.84 Å². The third-order valence-corrected chi connectivity index (χ3v) is 3.72. The van der Waals surface area contributed by atoms with E-state index in [9.17, 15) is 13.5 Å². The van der Waals surface area contributed by atoms with Gasteiger partial charge in [0.1, 0.15) is 9.84 Å². The number of nitrogens with two attached hydrogens (primary N) is 1. The average molecular weight is 209 g/mol. The highest BCUT2D eigenvalue weighted by atomic mass is 32.2. The Labute approximate surface area is 80.1 Å². The van der Waals surface area contributed by atoms with Crippen LogP contribution in [0.1, 0.15) is 26.2 Å². The standard InChI is InChI=1S/C8H19NO3S/c1-2-13(11,12)7-3-4-8(10)5-6-9/h8,10H,2-7,9H2,1H3. The Morgan fingerprint density at radius 3 is 2.46 bits per heavy atom. The zero-order valence-electron chi connectivity index (χ0n) is 8.07. The molecule has 3 N–H and O–H groups in total. The lowest BCUT2D eigenvalue weighted by molar-refractivity contribution is 0.156. The van der Waals surface area contributed by atoms with Crippen LogP contribution in [0.2, 0.25) is 0 Å². The van der Waals surface area contributed by atoms with Gasteiger partial charge in [0.25, 0.3) is 0 Å². The molecule has 0 aliphatic heterocycles. The fourth-order valence-corrected chi connectivity index (χ4v) is 1.92. The van der Waals surface area contributed by atoms with Gasteiger partial charge in [-0.3, -0.25) is 0 Å². The van der Waals surface area contributed by atoms with Crippen LogP contribution in [0.15, 0.2) is 0 Å². The molecule has 0 aromatic carbocycles. The molecule has 0 aliphatic carbocycles. The number of hydrogen-bond donors (Lipinski definition) is 2. The van der Waals surface area contributed by atoms with Crippen LogP contribution in [0.4, 0.5) is 0 Å². The highest BCUT2D eigenvalue weighted by molar-refractivity contribution is 7.91. The maximum Gasteiger partial charge on any atom is 0.150 e. The molecule has 0 saturated carbocycles. The summed E-state index contributed by atoms with van der Waals surface area (Å²) in [7, 11) is -2.87. The van der Waals surface area contributed by atoms with Crippen molar-refractivity contribution < 1.29 is 13.5 Å². The Kier molecular flexibility index (Phi) is 6.28. The lowest BCUT2D eigenvalue weighted by atomic mass is 10.1. The minimum atomic E-state index is -2.87. The first-order valence-corrected chi connectivity index (χ1v) is 6.42. The summed E-state index contributed by atoms with van der Waals surface area (Å²) in [6.45, 7) is 2.08. The Balaban J connectivity index is 3.56. The van der Waals surface area contributed by atoms with Crippen LogP contribution in [0.3, 0.4) is 0 Å². The summed E-state index contributed by atoms with van der Waals surface area (Å²) in [4.78, 5) is 0. The van der Waals surface area contributed by atoms with Crippen molar-refractivity contribution in [2.45, 2.75) is 32.3 Å². The fourth-order valence-electron chi connectivity index (χ4n) is 1.02. The average Bonchev–Trinajstić information content (AvgIpc) is 2.05. The molecule has 0 fully saturated rings. The van der Waals surface area contributed by atoms with Crippen molar-refractivity contribution in [3.63, 3.8) is 0 Å². The molecule has 80 valence electrons. The van der Waals surface area contributed by atoms with Crippen molar-refractivity contribution >= 4 is 9.84 Å². The molecule has 1 unspecified atom stereocenters. The summed E-state index contributed by atoms with van der Waals surface area (Å²) in [6, 6.07) is 0. The van der Waals surface area contributed by atoms with Gasteiger partial charge in [-0.05, 0) is 25.8 Å². The van der Waals surface area contributed by atoms with E-state index in [0.29, 0.717) is 25.8 Å². The monoisotopic (exact) mass is 209 g/mol. The van der Waals surface area contributed by atoms with E-state index in [2.05, 4.69) is 0 Å². The molecule has 5 heteroatoms. The van der Waals surface area contributed by atoms with Crippen LogP contribution >= 0.6 is 0 Å². The molecule has 0 aromatic heterocycles. The van der Waals surface area contributed by atoms with Crippen molar-refractivity contribution in [3.8, 4) is 0 Å². The molecule has 0 heterocycles. The number of sulfone groups is 1.